The number of benzene rings is 2. The summed E-state index contributed by atoms with van der Waals surface area (Å²) >= 11 is 18.0. The summed E-state index contributed by atoms with van der Waals surface area (Å²) in [4.78, 5) is 17.2. The molecule has 1 aliphatic carbocycles. The Morgan fingerprint density at radius 3 is 2.30 bits per heavy atom. The Morgan fingerprint density at radius 2 is 1.63 bits per heavy atom. The van der Waals surface area contributed by atoms with E-state index in [1.807, 2.05) is 47.4 Å². The minimum atomic E-state index is 0.132. The normalized spacial score (nSPS) is 22.7. The first-order chi connectivity index (χ1) is 13.0. The number of amides is 1. The number of rotatable bonds is 4. The number of halogens is 3. The predicted octanol–water partition coefficient (Wildman–Crippen LogP) is 5.09. The molecule has 2 unspecified atom stereocenters. The highest BCUT2D eigenvalue weighted by Crippen LogP contribution is 2.48. The van der Waals surface area contributed by atoms with Crippen molar-refractivity contribution in [2.45, 2.75) is 18.9 Å². The van der Waals surface area contributed by atoms with E-state index in [1.165, 1.54) is 5.56 Å². The maximum absolute atomic E-state index is 12.8. The van der Waals surface area contributed by atoms with Gasteiger partial charge in [0.1, 0.15) is 0 Å². The van der Waals surface area contributed by atoms with Crippen molar-refractivity contribution in [3.63, 3.8) is 0 Å². The molecule has 142 valence electrons. The van der Waals surface area contributed by atoms with Crippen LogP contribution in [0.3, 0.4) is 0 Å². The van der Waals surface area contributed by atoms with Crippen molar-refractivity contribution in [1.29, 1.82) is 0 Å². The molecular weight excluding hydrogens is 403 g/mol. The van der Waals surface area contributed by atoms with E-state index in [4.69, 9.17) is 34.8 Å². The first-order valence-electron chi connectivity index (χ1n) is 9.22. The summed E-state index contributed by atoms with van der Waals surface area (Å²) < 4.78 is 0. The topological polar surface area (TPSA) is 23.6 Å². The van der Waals surface area contributed by atoms with Crippen LogP contribution in [0.4, 0.5) is 0 Å². The van der Waals surface area contributed by atoms with E-state index in [-0.39, 0.29) is 5.92 Å². The minimum Gasteiger partial charge on any atom is -0.340 e. The van der Waals surface area contributed by atoms with E-state index in [1.54, 1.807) is 0 Å². The van der Waals surface area contributed by atoms with E-state index in [9.17, 15) is 4.79 Å². The van der Waals surface area contributed by atoms with Gasteiger partial charge in [-0.25, -0.2) is 0 Å². The fourth-order valence-corrected chi connectivity index (χ4v) is 4.25. The SMILES string of the molecule is O=C(C1CC1c1ccc(Cl)cc1)N1CCN(Cc2ccc(Cl)c(Cl)c2)CC1. The smallest absolute Gasteiger partial charge is 0.226 e. The molecule has 0 aromatic heterocycles. The Hall–Kier alpha value is -1.26. The summed E-state index contributed by atoms with van der Waals surface area (Å²) in [6, 6.07) is 13.6. The highest BCUT2D eigenvalue weighted by molar-refractivity contribution is 6.42. The van der Waals surface area contributed by atoms with Crippen LogP contribution in [0.5, 0.6) is 0 Å². The number of nitrogens with zero attached hydrogens (tertiary/aromatic N) is 2. The maximum Gasteiger partial charge on any atom is 0.226 e. The first kappa shape index (κ1) is 19.1. The van der Waals surface area contributed by atoms with Crippen LogP contribution in [-0.2, 0) is 11.3 Å². The van der Waals surface area contributed by atoms with Crippen molar-refractivity contribution in [2.75, 3.05) is 26.2 Å². The molecule has 27 heavy (non-hydrogen) atoms. The highest BCUT2D eigenvalue weighted by atomic mass is 35.5. The van der Waals surface area contributed by atoms with Crippen LogP contribution in [0.15, 0.2) is 42.5 Å². The number of hydrogen-bond acceptors (Lipinski definition) is 2. The van der Waals surface area contributed by atoms with Gasteiger partial charge in [-0.3, -0.25) is 9.69 Å². The average molecular weight is 424 g/mol. The lowest BCUT2D eigenvalue weighted by Crippen LogP contribution is -2.48. The number of carbonyl (C=O) groups is 1. The van der Waals surface area contributed by atoms with Crippen LogP contribution in [-0.4, -0.2) is 41.9 Å². The molecule has 0 bridgehead atoms. The van der Waals surface area contributed by atoms with Gasteiger partial charge < -0.3 is 4.90 Å². The van der Waals surface area contributed by atoms with Gasteiger partial charge in [0.2, 0.25) is 5.91 Å². The van der Waals surface area contributed by atoms with E-state index in [0.717, 1.165) is 49.7 Å². The third kappa shape index (κ3) is 4.43. The van der Waals surface area contributed by atoms with Crippen molar-refractivity contribution in [2.24, 2.45) is 5.92 Å². The fourth-order valence-electron chi connectivity index (χ4n) is 3.80. The van der Waals surface area contributed by atoms with Crippen molar-refractivity contribution >= 4 is 40.7 Å². The van der Waals surface area contributed by atoms with Gasteiger partial charge in [0, 0.05) is 43.7 Å². The Balaban J connectivity index is 1.28. The fraction of sp³-hybridized carbons (Fsp3) is 0.381. The Morgan fingerprint density at radius 1 is 0.926 bits per heavy atom. The molecule has 2 aromatic carbocycles. The van der Waals surface area contributed by atoms with Crippen LogP contribution >= 0.6 is 34.8 Å². The second-order valence-electron chi connectivity index (χ2n) is 7.35. The highest BCUT2D eigenvalue weighted by Gasteiger charge is 2.46. The van der Waals surface area contributed by atoms with E-state index in [2.05, 4.69) is 4.90 Å². The summed E-state index contributed by atoms with van der Waals surface area (Å²) in [5.74, 6) is 0.779. The quantitative estimate of drug-likeness (QED) is 0.683. The van der Waals surface area contributed by atoms with Crippen LogP contribution in [0.2, 0.25) is 15.1 Å². The summed E-state index contributed by atoms with van der Waals surface area (Å²) in [6.45, 7) is 4.15. The molecule has 1 aliphatic heterocycles. The van der Waals surface area contributed by atoms with Crippen molar-refractivity contribution < 1.29 is 4.79 Å². The van der Waals surface area contributed by atoms with E-state index < -0.39 is 0 Å². The molecule has 2 aliphatic rings. The second kappa shape index (κ2) is 8.00. The number of piperazine rings is 1. The molecule has 2 aromatic rings. The second-order valence-corrected chi connectivity index (χ2v) is 8.60. The minimum absolute atomic E-state index is 0.132. The van der Waals surface area contributed by atoms with Gasteiger partial charge in [0.05, 0.1) is 10.0 Å². The lowest BCUT2D eigenvalue weighted by molar-refractivity contribution is -0.134. The third-order valence-corrected chi connectivity index (χ3v) is 6.47. The van der Waals surface area contributed by atoms with Crippen LogP contribution < -0.4 is 0 Å². The molecule has 1 saturated carbocycles. The van der Waals surface area contributed by atoms with Gasteiger partial charge in [-0.1, -0.05) is 53.0 Å². The zero-order chi connectivity index (χ0) is 19.0. The Kier molecular flexibility index (Phi) is 5.65. The molecule has 6 heteroatoms. The monoisotopic (exact) mass is 422 g/mol. The summed E-state index contributed by atoms with van der Waals surface area (Å²) in [7, 11) is 0. The van der Waals surface area contributed by atoms with Gasteiger partial charge in [-0.15, -0.1) is 0 Å². The summed E-state index contributed by atoms with van der Waals surface area (Å²) in [5.41, 5.74) is 2.37. The van der Waals surface area contributed by atoms with Gasteiger partial charge >= 0.3 is 0 Å². The van der Waals surface area contributed by atoms with Crippen LogP contribution in [0, 0.1) is 5.92 Å². The summed E-state index contributed by atoms with van der Waals surface area (Å²) in [5, 5.41) is 1.90. The zero-order valence-electron chi connectivity index (χ0n) is 14.9. The van der Waals surface area contributed by atoms with Gasteiger partial charge in [0.15, 0.2) is 0 Å². The largest absolute Gasteiger partial charge is 0.340 e. The molecular formula is C21H21Cl3N2O. The molecule has 3 nitrogen and oxygen atoms in total. The Bertz CT molecular complexity index is 832. The van der Waals surface area contributed by atoms with Gasteiger partial charge in [0.25, 0.3) is 0 Å². The van der Waals surface area contributed by atoms with Crippen molar-refractivity contribution in [1.82, 2.24) is 9.80 Å². The Labute approximate surface area is 174 Å². The third-order valence-electron chi connectivity index (χ3n) is 5.48. The summed E-state index contributed by atoms with van der Waals surface area (Å²) in [6.07, 6.45) is 0.948. The molecule has 0 spiro atoms. The molecule has 1 saturated heterocycles. The van der Waals surface area contributed by atoms with Crippen LogP contribution in [0.25, 0.3) is 0 Å². The lowest BCUT2D eigenvalue weighted by atomic mass is 10.1. The molecule has 1 amide bonds. The number of hydrogen-bond donors (Lipinski definition) is 0. The number of carbonyl (C=O) groups excluding carboxylic acids is 1. The predicted molar refractivity (Wildman–Crippen MR) is 111 cm³/mol. The van der Waals surface area contributed by atoms with Crippen molar-refractivity contribution in [3.8, 4) is 0 Å². The molecule has 0 radical (unpaired) electrons. The van der Waals surface area contributed by atoms with E-state index in [0.29, 0.717) is 21.9 Å². The molecule has 0 N–H and O–H groups in total. The van der Waals surface area contributed by atoms with Gasteiger partial charge in [-0.05, 0) is 47.7 Å². The van der Waals surface area contributed by atoms with Crippen LogP contribution in [0.1, 0.15) is 23.5 Å². The maximum atomic E-state index is 12.8. The van der Waals surface area contributed by atoms with Crippen molar-refractivity contribution in [3.05, 3.63) is 68.7 Å². The average Bonchev–Trinajstić information content (AvgIpc) is 3.46. The first-order valence-corrected chi connectivity index (χ1v) is 10.3. The van der Waals surface area contributed by atoms with Gasteiger partial charge in [-0.2, -0.15) is 0 Å². The van der Waals surface area contributed by atoms with E-state index >= 15 is 0 Å². The zero-order valence-corrected chi connectivity index (χ0v) is 17.1. The molecule has 1 heterocycles. The molecule has 4 rings (SSSR count). The molecule has 2 atom stereocenters. The lowest BCUT2D eigenvalue weighted by Gasteiger charge is -2.35. The standard InChI is InChI=1S/C21H21Cl3N2O/c22-16-4-2-15(3-5-16)17-12-18(17)21(27)26-9-7-25(8-10-26)13-14-1-6-19(23)20(24)11-14/h1-6,11,17-18H,7-10,12-13H2. The molecule has 2 fully saturated rings.